The summed E-state index contributed by atoms with van der Waals surface area (Å²) in [6, 6.07) is 4.56. The molecule has 0 unspecified atom stereocenters. The van der Waals surface area contributed by atoms with Crippen molar-refractivity contribution >= 4 is 23.8 Å². The van der Waals surface area contributed by atoms with Crippen molar-refractivity contribution in [1.82, 2.24) is 9.80 Å². The van der Waals surface area contributed by atoms with Gasteiger partial charge in [0, 0.05) is 26.2 Å². The van der Waals surface area contributed by atoms with Crippen LogP contribution in [0.3, 0.4) is 0 Å². The van der Waals surface area contributed by atoms with Crippen LogP contribution in [0, 0.1) is 5.92 Å². The van der Waals surface area contributed by atoms with E-state index in [1.807, 2.05) is 0 Å². The van der Waals surface area contributed by atoms with Gasteiger partial charge in [0.05, 0.1) is 25.2 Å². The van der Waals surface area contributed by atoms with Crippen molar-refractivity contribution in [2.75, 3.05) is 53.1 Å². The summed E-state index contributed by atoms with van der Waals surface area (Å²) in [5.74, 6) is -0.855. The van der Waals surface area contributed by atoms with Gasteiger partial charge in [-0.3, -0.25) is 14.4 Å². The summed E-state index contributed by atoms with van der Waals surface area (Å²) >= 11 is 0. The van der Waals surface area contributed by atoms with Crippen LogP contribution in [0.4, 0.5) is 0 Å². The van der Waals surface area contributed by atoms with E-state index < -0.39 is 12.6 Å². The Labute approximate surface area is 205 Å². The van der Waals surface area contributed by atoms with Gasteiger partial charge in [0.1, 0.15) is 0 Å². The van der Waals surface area contributed by atoms with Crippen molar-refractivity contribution in [2.45, 2.75) is 39.0 Å². The zero-order valence-corrected chi connectivity index (χ0v) is 20.5. The molecule has 0 spiro atoms. The van der Waals surface area contributed by atoms with Crippen LogP contribution < -0.4 is 9.47 Å². The van der Waals surface area contributed by atoms with Crippen LogP contribution in [0.5, 0.6) is 11.5 Å². The van der Waals surface area contributed by atoms with E-state index in [4.69, 9.17) is 18.9 Å². The number of amides is 2. The van der Waals surface area contributed by atoms with Crippen LogP contribution in [-0.4, -0.2) is 86.7 Å². The van der Waals surface area contributed by atoms with E-state index in [0.29, 0.717) is 44.0 Å². The maximum Gasteiger partial charge on any atom is 0.338 e. The molecule has 0 saturated carbocycles. The predicted molar refractivity (Wildman–Crippen MR) is 125 cm³/mol. The van der Waals surface area contributed by atoms with Gasteiger partial charge in [-0.2, -0.15) is 0 Å². The van der Waals surface area contributed by atoms with E-state index in [2.05, 4.69) is 0 Å². The Bertz CT molecular complexity index is 905. The highest BCUT2D eigenvalue weighted by molar-refractivity contribution is 5.92. The molecule has 0 aliphatic carbocycles. The Morgan fingerprint density at radius 1 is 0.857 bits per heavy atom. The van der Waals surface area contributed by atoms with E-state index in [0.717, 1.165) is 32.4 Å². The molecule has 0 aromatic heterocycles. The summed E-state index contributed by atoms with van der Waals surface area (Å²) in [5, 5.41) is 0. The number of methoxy groups -OCH3 is 1. The molecular formula is C25H34N2O8. The van der Waals surface area contributed by atoms with E-state index in [-0.39, 0.29) is 35.9 Å². The number of benzene rings is 1. The van der Waals surface area contributed by atoms with Crippen molar-refractivity contribution in [3.8, 4) is 11.5 Å². The standard InChI is InChI=1S/C25H34N2O8/c1-3-33-21-15-19(7-8-20(21)34-16-22(28)26-11-5-4-6-12-26)25(31)35-17-23(29)27-13-9-18(10-14-27)24(30)32-2/h7-8,15,18H,3-6,9-14,16-17H2,1-2H3. The lowest BCUT2D eigenvalue weighted by Crippen LogP contribution is -2.42. The van der Waals surface area contributed by atoms with Crippen LogP contribution >= 0.6 is 0 Å². The maximum absolute atomic E-state index is 12.5. The summed E-state index contributed by atoms with van der Waals surface area (Å²) in [6.45, 7) is 3.95. The van der Waals surface area contributed by atoms with Crippen LogP contribution in [0.15, 0.2) is 18.2 Å². The Morgan fingerprint density at radius 2 is 1.51 bits per heavy atom. The fourth-order valence-electron chi connectivity index (χ4n) is 4.23. The van der Waals surface area contributed by atoms with E-state index in [1.165, 1.54) is 19.2 Å². The van der Waals surface area contributed by atoms with Crippen molar-refractivity contribution in [2.24, 2.45) is 5.92 Å². The van der Waals surface area contributed by atoms with Crippen molar-refractivity contribution in [3.05, 3.63) is 23.8 Å². The number of rotatable bonds is 9. The molecule has 35 heavy (non-hydrogen) atoms. The third kappa shape index (κ3) is 7.34. The van der Waals surface area contributed by atoms with Crippen LogP contribution in [0.25, 0.3) is 0 Å². The molecule has 2 aliphatic heterocycles. The fourth-order valence-corrected chi connectivity index (χ4v) is 4.23. The van der Waals surface area contributed by atoms with Gasteiger partial charge < -0.3 is 28.7 Å². The maximum atomic E-state index is 12.5. The number of esters is 2. The molecular weight excluding hydrogens is 456 g/mol. The molecule has 10 heteroatoms. The Hall–Kier alpha value is -3.30. The summed E-state index contributed by atoms with van der Waals surface area (Å²) < 4.78 is 21.2. The molecule has 3 rings (SSSR count). The van der Waals surface area contributed by atoms with Crippen LogP contribution in [0.1, 0.15) is 49.4 Å². The predicted octanol–water partition coefficient (Wildman–Crippen LogP) is 2.04. The van der Waals surface area contributed by atoms with Gasteiger partial charge in [-0.1, -0.05) is 0 Å². The van der Waals surface area contributed by atoms with E-state index in [9.17, 15) is 19.2 Å². The molecule has 2 fully saturated rings. The molecule has 2 aliphatic rings. The first-order chi connectivity index (χ1) is 16.9. The third-order valence-corrected chi connectivity index (χ3v) is 6.25. The van der Waals surface area contributed by atoms with Gasteiger partial charge in [-0.25, -0.2) is 4.79 Å². The average Bonchev–Trinajstić information content (AvgIpc) is 2.90. The lowest BCUT2D eigenvalue weighted by atomic mass is 9.97. The lowest BCUT2D eigenvalue weighted by molar-refractivity contribution is -0.149. The topological polar surface area (TPSA) is 112 Å². The summed E-state index contributed by atoms with van der Waals surface area (Å²) in [6.07, 6.45) is 4.18. The number of likely N-dealkylation sites (tertiary alicyclic amines) is 2. The van der Waals surface area contributed by atoms with Crippen LogP contribution in [-0.2, 0) is 23.9 Å². The fraction of sp³-hybridized carbons (Fsp3) is 0.600. The number of ether oxygens (including phenoxy) is 4. The molecule has 192 valence electrons. The summed E-state index contributed by atoms with van der Waals surface area (Å²) in [5.41, 5.74) is 0.209. The summed E-state index contributed by atoms with van der Waals surface area (Å²) in [7, 11) is 1.35. The highest BCUT2D eigenvalue weighted by Gasteiger charge is 2.28. The SMILES string of the molecule is CCOc1cc(C(=O)OCC(=O)N2CCC(C(=O)OC)CC2)ccc1OCC(=O)N1CCCCC1. The lowest BCUT2D eigenvalue weighted by Gasteiger charge is -2.30. The molecule has 2 heterocycles. The van der Waals surface area contributed by atoms with E-state index in [1.54, 1.807) is 22.8 Å². The first kappa shape index (κ1) is 26.3. The smallest absolute Gasteiger partial charge is 0.338 e. The van der Waals surface area contributed by atoms with E-state index >= 15 is 0 Å². The first-order valence-electron chi connectivity index (χ1n) is 12.1. The normalized spacial score (nSPS) is 16.4. The molecule has 1 aromatic rings. The van der Waals surface area contributed by atoms with Gasteiger partial charge in [0.15, 0.2) is 24.7 Å². The monoisotopic (exact) mass is 490 g/mol. The first-order valence-corrected chi connectivity index (χ1v) is 12.1. The van der Waals surface area contributed by atoms with Gasteiger partial charge >= 0.3 is 11.9 Å². The minimum atomic E-state index is -0.667. The number of piperidine rings is 2. The zero-order chi connectivity index (χ0) is 25.2. The minimum absolute atomic E-state index is 0.0789. The highest BCUT2D eigenvalue weighted by Crippen LogP contribution is 2.29. The number of hydrogen-bond acceptors (Lipinski definition) is 8. The molecule has 0 N–H and O–H groups in total. The van der Waals surface area contributed by atoms with Crippen molar-refractivity contribution in [3.63, 3.8) is 0 Å². The Kier molecular flexibility index (Phi) is 9.75. The third-order valence-electron chi connectivity index (χ3n) is 6.25. The van der Waals surface area contributed by atoms with Gasteiger partial charge in [0.2, 0.25) is 0 Å². The molecule has 0 atom stereocenters. The second-order valence-corrected chi connectivity index (χ2v) is 8.58. The Morgan fingerprint density at radius 3 is 2.17 bits per heavy atom. The van der Waals surface area contributed by atoms with Gasteiger partial charge in [0.25, 0.3) is 11.8 Å². The van der Waals surface area contributed by atoms with Crippen molar-refractivity contribution in [1.29, 1.82) is 0 Å². The molecule has 1 aromatic carbocycles. The molecule has 0 bridgehead atoms. The Balaban J connectivity index is 1.51. The quantitative estimate of drug-likeness (QED) is 0.484. The van der Waals surface area contributed by atoms with Crippen LogP contribution in [0.2, 0.25) is 0 Å². The highest BCUT2D eigenvalue weighted by atomic mass is 16.5. The average molecular weight is 491 g/mol. The number of hydrogen-bond donors (Lipinski definition) is 0. The van der Waals surface area contributed by atoms with Gasteiger partial charge in [-0.05, 0) is 57.2 Å². The zero-order valence-electron chi connectivity index (χ0n) is 20.5. The van der Waals surface area contributed by atoms with Crippen molar-refractivity contribution < 1.29 is 38.1 Å². The number of nitrogens with zero attached hydrogens (tertiary/aromatic N) is 2. The molecule has 2 saturated heterocycles. The summed E-state index contributed by atoms with van der Waals surface area (Å²) in [4.78, 5) is 52.4. The largest absolute Gasteiger partial charge is 0.490 e. The molecule has 2 amide bonds. The number of carbonyl (C=O) groups excluding carboxylic acids is 4. The second kappa shape index (κ2) is 13.0. The molecule has 10 nitrogen and oxygen atoms in total. The second-order valence-electron chi connectivity index (χ2n) is 8.58. The van der Waals surface area contributed by atoms with Gasteiger partial charge in [-0.15, -0.1) is 0 Å². The molecule has 0 radical (unpaired) electrons. The minimum Gasteiger partial charge on any atom is -0.490 e. The number of carbonyl (C=O) groups is 4.